The van der Waals surface area contributed by atoms with Gasteiger partial charge in [0.1, 0.15) is 17.6 Å². The number of carbonyl (C=O) groups excluding carboxylic acids is 1. The molecule has 0 bridgehead atoms. The molecule has 1 saturated carbocycles. The molecule has 0 spiro atoms. The standard InChI is InChI=1S/C19H25NO2/c1-14(21)7-9-17-13-20-18-12-16(8-10-19(18)22-17)11-15-5-3-2-4-6-15/h8,10-12,17,20H,2-7,9,13H2,1H3. The molecular weight excluding hydrogens is 274 g/mol. The highest BCUT2D eigenvalue weighted by Crippen LogP contribution is 2.32. The van der Waals surface area contributed by atoms with E-state index in [1.165, 1.54) is 37.7 Å². The van der Waals surface area contributed by atoms with Crippen LogP contribution in [-0.2, 0) is 4.79 Å². The fourth-order valence-corrected chi connectivity index (χ4v) is 3.23. The van der Waals surface area contributed by atoms with Crippen molar-refractivity contribution in [2.24, 2.45) is 0 Å². The van der Waals surface area contributed by atoms with E-state index in [2.05, 4.69) is 29.6 Å². The van der Waals surface area contributed by atoms with Crippen LogP contribution in [-0.4, -0.2) is 18.4 Å². The van der Waals surface area contributed by atoms with Gasteiger partial charge in [0.25, 0.3) is 0 Å². The van der Waals surface area contributed by atoms with Crippen LogP contribution in [0.25, 0.3) is 6.08 Å². The maximum Gasteiger partial charge on any atom is 0.142 e. The fraction of sp³-hybridized carbons (Fsp3) is 0.526. The lowest BCUT2D eigenvalue weighted by Crippen LogP contribution is -2.31. The first kappa shape index (κ1) is 15.1. The summed E-state index contributed by atoms with van der Waals surface area (Å²) in [4.78, 5) is 11.1. The van der Waals surface area contributed by atoms with Gasteiger partial charge in [-0.25, -0.2) is 0 Å². The molecule has 3 nitrogen and oxygen atoms in total. The second-order valence-corrected chi connectivity index (χ2v) is 6.48. The van der Waals surface area contributed by atoms with Gasteiger partial charge < -0.3 is 14.8 Å². The molecule has 1 unspecified atom stereocenters. The van der Waals surface area contributed by atoms with Gasteiger partial charge >= 0.3 is 0 Å². The van der Waals surface area contributed by atoms with E-state index in [0.717, 1.165) is 24.4 Å². The van der Waals surface area contributed by atoms with E-state index in [1.54, 1.807) is 12.5 Å². The maximum absolute atomic E-state index is 11.1. The highest BCUT2D eigenvalue weighted by Gasteiger charge is 2.19. The normalized spacial score (nSPS) is 20.6. The number of benzene rings is 1. The van der Waals surface area contributed by atoms with Crippen molar-refractivity contribution in [2.75, 3.05) is 11.9 Å². The molecule has 0 saturated heterocycles. The summed E-state index contributed by atoms with van der Waals surface area (Å²) >= 11 is 0. The van der Waals surface area contributed by atoms with Gasteiger partial charge in [-0.05, 0) is 56.7 Å². The van der Waals surface area contributed by atoms with E-state index in [0.29, 0.717) is 6.42 Å². The van der Waals surface area contributed by atoms with Crippen LogP contribution in [0.3, 0.4) is 0 Å². The van der Waals surface area contributed by atoms with Crippen molar-refractivity contribution in [3.05, 3.63) is 29.3 Å². The molecule has 3 rings (SSSR count). The van der Waals surface area contributed by atoms with Gasteiger partial charge in [0.15, 0.2) is 0 Å². The predicted octanol–water partition coefficient (Wildman–Crippen LogP) is 4.58. The molecule has 1 aromatic carbocycles. The third-order valence-electron chi connectivity index (χ3n) is 4.50. The molecule has 0 aromatic heterocycles. The lowest BCUT2D eigenvalue weighted by atomic mass is 9.93. The van der Waals surface area contributed by atoms with Crippen LogP contribution in [0.2, 0.25) is 0 Å². The summed E-state index contributed by atoms with van der Waals surface area (Å²) in [6.07, 6.45) is 10.3. The second kappa shape index (κ2) is 6.99. The number of fused-ring (bicyclic) bond motifs is 1. The second-order valence-electron chi connectivity index (χ2n) is 6.48. The van der Waals surface area contributed by atoms with E-state index in [1.807, 2.05) is 0 Å². The lowest BCUT2D eigenvalue weighted by molar-refractivity contribution is -0.117. The van der Waals surface area contributed by atoms with Crippen molar-refractivity contribution < 1.29 is 9.53 Å². The molecule has 1 atom stereocenters. The number of rotatable bonds is 4. The molecule has 1 aliphatic carbocycles. The van der Waals surface area contributed by atoms with Gasteiger partial charge in [-0.15, -0.1) is 0 Å². The Balaban J connectivity index is 1.66. The zero-order valence-electron chi connectivity index (χ0n) is 13.4. The molecule has 118 valence electrons. The van der Waals surface area contributed by atoms with Gasteiger partial charge in [-0.1, -0.05) is 24.1 Å². The quantitative estimate of drug-likeness (QED) is 0.884. The van der Waals surface area contributed by atoms with E-state index < -0.39 is 0 Å². The first-order valence-electron chi connectivity index (χ1n) is 8.44. The zero-order valence-corrected chi connectivity index (χ0v) is 13.4. The summed E-state index contributed by atoms with van der Waals surface area (Å²) in [5, 5.41) is 3.45. The van der Waals surface area contributed by atoms with Crippen LogP contribution >= 0.6 is 0 Å². The molecule has 0 amide bonds. The van der Waals surface area contributed by atoms with E-state index >= 15 is 0 Å². The summed E-state index contributed by atoms with van der Waals surface area (Å²) in [5.41, 5.74) is 3.90. The van der Waals surface area contributed by atoms with Crippen molar-refractivity contribution in [2.45, 2.75) is 58.0 Å². The Hall–Kier alpha value is -1.77. The zero-order chi connectivity index (χ0) is 15.4. The number of allylic oxidation sites excluding steroid dienone is 1. The number of hydrogen-bond donors (Lipinski definition) is 1. The Morgan fingerprint density at radius 1 is 1.32 bits per heavy atom. The average Bonchev–Trinajstić information content (AvgIpc) is 2.54. The monoisotopic (exact) mass is 299 g/mol. The Kier molecular flexibility index (Phi) is 4.81. The molecule has 22 heavy (non-hydrogen) atoms. The Bertz CT molecular complexity index is 569. The smallest absolute Gasteiger partial charge is 0.142 e. The molecule has 2 aliphatic rings. The largest absolute Gasteiger partial charge is 0.486 e. The van der Waals surface area contributed by atoms with Gasteiger partial charge in [0, 0.05) is 6.42 Å². The summed E-state index contributed by atoms with van der Waals surface area (Å²) in [6.45, 7) is 2.41. The lowest BCUT2D eigenvalue weighted by Gasteiger charge is -2.27. The van der Waals surface area contributed by atoms with Gasteiger partial charge in [0.2, 0.25) is 0 Å². The van der Waals surface area contributed by atoms with Crippen LogP contribution < -0.4 is 10.1 Å². The Labute approximate surface area is 132 Å². The van der Waals surface area contributed by atoms with Gasteiger partial charge in [-0.2, -0.15) is 0 Å². The number of ketones is 1. The van der Waals surface area contributed by atoms with Crippen molar-refractivity contribution >= 4 is 17.5 Å². The topological polar surface area (TPSA) is 38.3 Å². The Morgan fingerprint density at radius 3 is 2.91 bits per heavy atom. The summed E-state index contributed by atoms with van der Waals surface area (Å²) in [5.74, 6) is 1.13. The minimum atomic E-state index is 0.0962. The molecule has 3 heteroatoms. The van der Waals surface area contributed by atoms with Crippen molar-refractivity contribution in [3.8, 4) is 5.75 Å². The SMILES string of the molecule is CC(=O)CCC1CNc2cc(C=C3CCCCC3)ccc2O1. The molecule has 1 aliphatic heterocycles. The summed E-state index contributed by atoms with van der Waals surface area (Å²) < 4.78 is 5.99. The van der Waals surface area contributed by atoms with E-state index in [-0.39, 0.29) is 11.9 Å². The fourth-order valence-electron chi connectivity index (χ4n) is 3.23. The van der Waals surface area contributed by atoms with Crippen molar-refractivity contribution in [1.29, 1.82) is 0 Å². The predicted molar refractivity (Wildman–Crippen MR) is 90.3 cm³/mol. The number of nitrogens with one attached hydrogen (secondary N) is 1. The summed E-state index contributed by atoms with van der Waals surface area (Å²) in [6, 6.07) is 6.37. The number of hydrogen-bond acceptors (Lipinski definition) is 3. The molecule has 1 N–H and O–H groups in total. The third kappa shape index (κ3) is 3.90. The number of Topliss-reactive ketones (excluding diaryl/α,β-unsaturated/α-hetero) is 1. The van der Waals surface area contributed by atoms with Crippen molar-refractivity contribution in [1.82, 2.24) is 0 Å². The number of ether oxygens (including phenoxy) is 1. The minimum absolute atomic E-state index is 0.0962. The highest BCUT2D eigenvalue weighted by atomic mass is 16.5. The average molecular weight is 299 g/mol. The molecule has 1 heterocycles. The van der Waals surface area contributed by atoms with Crippen LogP contribution in [0.1, 0.15) is 57.4 Å². The third-order valence-corrected chi connectivity index (χ3v) is 4.50. The van der Waals surface area contributed by atoms with E-state index in [9.17, 15) is 4.79 Å². The Morgan fingerprint density at radius 2 is 2.14 bits per heavy atom. The van der Waals surface area contributed by atoms with Crippen LogP contribution in [0.4, 0.5) is 5.69 Å². The van der Waals surface area contributed by atoms with Crippen LogP contribution in [0.5, 0.6) is 5.75 Å². The minimum Gasteiger partial charge on any atom is -0.486 e. The van der Waals surface area contributed by atoms with Gasteiger partial charge in [0.05, 0.1) is 12.2 Å². The van der Waals surface area contributed by atoms with Crippen LogP contribution in [0, 0.1) is 0 Å². The van der Waals surface area contributed by atoms with Gasteiger partial charge in [-0.3, -0.25) is 0 Å². The molecular formula is C19H25NO2. The van der Waals surface area contributed by atoms with Crippen LogP contribution in [0.15, 0.2) is 23.8 Å². The van der Waals surface area contributed by atoms with Crippen molar-refractivity contribution in [3.63, 3.8) is 0 Å². The first-order valence-corrected chi connectivity index (χ1v) is 8.44. The number of carbonyl (C=O) groups is 1. The first-order chi connectivity index (χ1) is 10.7. The summed E-state index contributed by atoms with van der Waals surface area (Å²) in [7, 11) is 0. The van der Waals surface area contributed by atoms with E-state index in [4.69, 9.17) is 4.74 Å². The number of anilines is 1. The molecule has 0 radical (unpaired) electrons. The molecule has 1 fully saturated rings. The maximum atomic E-state index is 11.1. The molecule has 1 aromatic rings. The highest BCUT2D eigenvalue weighted by molar-refractivity contribution is 5.75.